The molecule has 0 atom stereocenters. The molecule has 0 nitrogen and oxygen atoms in total. The first-order chi connectivity index (χ1) is 7.59. The van der Waals surface area contributed by atoms with Crippen molar-refractivity contribution in [1.82, 2.24) is 0 Å². The maximum Gasteiger partial charge on any atom is -0.0395 e. The highest BCUT2D eigenvalue weighted by molar-refractivity contribution is 5.28. The Morgan fingerprint density at radius 2 is 1.19 bits per heavy atom. The maximum atomic E-state index is 2.20. The Morgan fingerprint density at radius 3 is 1.56 bits per heavy atom. The van der Waals surface area contributed by atoms with Gasteiger partial charge >= 0.3 is 0 Å². The van der Waals surface area contributed by atoms with Gasteiger partial charge in [0.25, 0.3) is 0 Å². The largest absolute Gasteiger partial charge is 0.0622 e. The Hall–Kier alpha value is -1.56. The van der Waals surface area contributed by atoms with Crippen molar-refractivity contribution in [1.29, 1.82) is 0 Å². The van der Waals surface area contributed by atoms with Crippen molar-refractivity contribution in [2.45, 2.75) is 27.7 Å². The highest BCUT2D eigenvalue weighted by atomic mass is 13.9. The van der Waals surface area contributed by atoms with E-state index >= 15 is 0 Å². The van der Waals surface area contributed by atoms with Gasteiger partial charge in [-0.25, -0.2) is 0 Å². The van der Waals surface area contributed by atoms with Crippen molar-refractivity contribution in [3.8, 4) is 0 Å². The third-order valence-corrected chi connectivity index (χ3v) is 2.60. The third kappa shape index (κ3) is 4.31. The van der Waals surface area contributed by atoms with E-state index in [1.165, 1.54) is 22.3 Å². The predicted octanol–water partition coefficient (Wildman–Crippen LogP) is 4.61. The van der Waals surface area contributed by atoms with Gasteiger partial charge in [-0.15, -0.1) is 0 Å². The molecule has 0 unspecified atom stereocenters. The summed E-state index contributed by atoms with van der Waals surface area (Å²) in [6, 6.07) is 16.8. The summed E-state index contributed by atoms with van der Waals surface area (Å²) in [7, 11) is 0. The molecule has 0 heteroatoms. The van der Waals surface area contributed by atoms with Crippen LogP contribution in [0.1, 0.15) is 22.3 Å². The van der Waals surface area contributed by atoms with Crippen LogP contribution in [-0.4, -0.2) is 0 Å². The van der Waals surface area contributed by atoms with Crippen LogP contribution < -0.4 is 0 Å². The second kappa shape index (κ2) is 6.12. The fourth-order valence-electron chi connectivity index (χ4n) is 1.43. The lowest BCUT2D eigenvalue weighted by molar-refractivity contribution is 1.30. The molecule has 0 aliphatic carbocycles. The average Bonchev–Trinajstić information content (AvgIpc) is 2.26. The Bertz CT molecular complexity index is 427. The first-order valence-corrected chi connectivity index (χ1v) is 5.65. The van der Waals surface area contributed by atoms with Crippen molar-refractivity contribution >= 4 is 0 Å². The zero-order valence-electron chi connectivity index (χ0n) is 10.6. The minimum absolute atomic E-state index is 1.32. The van der Waals surface area contributed by atoms with E-state index in [-0.39, 0.29) is 0 Å². The first kappa shape index (κ1) is 12.5. The lowest BCUT2D eigenvalue weighted by atomic mass is 10.1. The zero-order valence-corrected chi connectivity index (χ0v) is 10.6. The lowest BCUT2D eigenvalue weighted by Gasteiger charge is -1.98. The van der Waals surface area contributed by atoms with Crippen LogP contribution in [0.3, 0.4) is 0 Å². The number of aryl methyl sites for hydroxylation is 4. The molecule has 0 bridgehead atoms. The molecule has 0 N–H and O–H groups in total. The molecule has 2 aromatic carbocycles. The molecule has 2 rings (SSSR count). The summed E-state index contributed by atoms with van der Waals surface area (Å²) in [6.45, 7) is 8.48. The molecule has 0 aliphatic heterocycles. The van der Waals surface area contributed by atoms with Crippen molar-refractivity contribution in [2.24, 2.45) is 0 Å². The maximum absolute atomic E-state index is 2.20. The van der Waals surface area contributed by atoms with E-state index in [1.54, 1.807) is 0 Å². The fraction of sp³-hybridized carbons (Fsp3) is 0.250. The predicted molar refractivity (Wildman–Crippen MR) is 71.8 cm³/mol. The zero-order chi connectivity index (χ0) is 12.0. The molecule has 0 fully saturated rings. The summed E-state index contributed by atoms with van der Waals surface area (Å²) < 4.78 is 0. The van der Waals surface area contributed by atoms with E-state index in [0.29, 0.717) is 0 Å². The van der Waals surface area contributed by atoms with E-state index in [2.05, 4.69) is 58.0 Å². The number of benzene rings is 2. The third-order valence-electron chi connectivity index (χ3n) is 2.60. The van der Waals surface area contributed by atoms with Gasteiger partial charge in [-0.05, 0) is 38.8 Å². The van der Waals surface area contributed by atoms with Gasteiger partial charge in [0.2, 0.25) is 0 Å². The van der Waals surface area contributed by atoms with Crippen LogP contribution in [0, 0.1) is 27.7 Å². The molecule has 0 aromatic heterocycles. The van der Waals surface area contributed by atoms with Crippen LogP contribution >= 0.6 is 0 Å². The van der Waals surface area contributed by atoms with E-state index in [0.717, 1.165) is 0 Å². The summed E-state index contributed by atoms with van der Waals surface area (Å²) in [6.07, 6.45) is 0. The molecule has 0 radical (unpaired) electrons. The van der Waals surface area contributed by atoms with Gasteiger partial charge in [0.15, 0.2) is 0 Å². The van der Waals surface area contributed by atoms with Crippen LogP contribution in [-0.2, 0) is 0 Å². The molecule has 0 amide bonds. The van der Waals surface area contributed by atoms with Gasteiger partial charge in [-0.3, -0.25) is 0 Å². The second-order valence-corrected chi connectivity index (χ2v) is 4.24. The number of hydrogen-bond donors (Lipinski definition) is 0. The molecule has 0 aliphatic rings. The van der Waals surface area contributed by atoms with Gasteiger partial charge in [0.1, 0.15) is 0 Å². The van der Waals surface area contributed by atoms with Crippen LogP contribution in [0.5, 0.6) is 0 Å². The van der Waals surface area contributed by atoms with Crippen molar-refractivity contribution in [3.63, 3.8) is 0 Å². The minimum atomic E-state index is 1.32. The van der Waals surface area contributed by atoms with Crippen molar-refractivity contribution in [2.75, 3.05) is 0 Å². The van der Waals surface area contributed by atoms with Gasteiger partial charge in [-0.2, -0.15) is 0 Å². The Morgan fingerprint density at radius 1 is 0.562 bits per heavy atom. The summed E-state index contributed by atoms with van der Waals surface area (Å²) >= 11 is 0. The number of rotatable bonds is 0. The van der Waals surface area contributed by atoms with E-state index in [4.69, 9.17) is 0 Å². The van der Waals surface area contributed by atoms with Crippen LogP contribution in [0.15, 0.2) is 48.5 Å². The van der Waals surface area contributed by atoms with Crippen molar-refractivity contribution < 1.29 is 0 Å². The Balaban J connectivity index is 0.000000165. The molecule has 0 saturated heterocycles. The van der Waals surface area contributed by atoms with E-state index < -0.39 is 0 Å². The topological polar surface area (TPSA) is 0 Å². The van der Waals surface area contributed by atoms with Gasteiger partial charge in [-0.1, -0.05) is 59.7 Å². The highest BCUT2D eigenvalue weighted by Crippen LogP contribution is 2.07. The molecule has 0 spiro atoms. The second-order valence-electron chi connectivity index (χ2n) is 4.24. The summed E-state index contributed by atoms with van der Waals surface area (Å²) in [5.74, 6) is 0. The molecular formula is C16H20. The Kier molecular flexibility index (Phi) is 4.78. The molecule has 0 saturated carbocycles. The van der Waals surface area contributed by atoms with E-state index in [9.17, 15) is 0 Å². The number of hydrogen-bond acceptors (Lipinski definition) is 0. The minimum Gasteiger partial charge on any atom is -0.0622 e. The quantitative estimate of drug-likeness (QED) is 0.598. The van der Waals surface area contributed by atoms with Gasteiger partial charge in [0.05, 0.1) is 0 Å². The van der Waals surface area contributed by atoms with Crippen LogP contribution in [0.25, 0.3) is 0 Å². The summed E-state index contributed by atoms with van der Waals surface area (Å²) in [5.41, 5.74) is 5.43. The molecule has 84 valence electrons. The normalized spacial score (nSPS) is 9.25. The first-order valence-electron chi connectivity index (χ1n) is 5.65. The fourth-order valence-corrected chi connectivity index (χ4v) is 1.43. The van der Waals surface area contributed by atoms with Crippen molar-refractivity contribution in [3.05, 3.63) is 70.8 Å². The Labute approximate surface area is 99.0 Å². The summed E-state index contributed by atoms with van der Waals surface area (Å²) in [4.78, 5) is 0. The molecular weight excluding hydrogens is 192 g/mol. The highest BCUT2D eigenvalue weighted by Gasteiger charge is 1.89. The molecule has 2 aromatic rings. The smallest absolute Gasteiger partial charge is 0.0395 e. The monoisotopic (exact) mass is 212 g/mol. The molecule has 16 heavy (non-hydrogen) atoms. The lowest BCUT2D eigenvalue weighted by Crippen LogP contribution is -1.79. The molecule has 0 heterocycles. The van der Waals surface area contributed by atoms with E-state index in [1.807, 2.05) is 18.2 Å². The SMILES string of the molecule is Cc1ccc(C)c(C)c1.Cc1ccccc1. The standard InChI is InChI=1S/C9H12.C7H8/c1-7-4-5-8(2)9(3)6-7;1-7-5-3-2-4-6-7/h4-6H,1-3H3;2-6H,1H3. The van der Waals surface area contributed by atoms with Gasteiger partial charge < -0.3 is 0 Å². The van der Waals surface area contributed by atoms with Crippen LogP contribution in [0.2, 0.25) is 0 Å². The van der Waals surface area contributed by atoms with Gasteiger partial charge in [0, 0.05) is 0 Å². The summed E-state index contributed by atoms with van der Waals surface area (Å²) in [5, 5.41) is 0. The van der Waals surface area contributed by atoms with Crippen LogP contribution in [0.4, 0.5) is 0 Å². The average molecular weight is 212 g/mol.